The van der Waals surface area contributed by atoms with Gasteiger partial charge in [-0.1, -0.05) is 5.16 Å². The highest BCUT2D eigenvalue weighted by molar-refractivity contribution is 5.46. The molecule has 0 amide bonds. The van der Waals surface area contributed by atoms with Crippen molar-refractivity contribution in [1.82, 2.24) is 10.1 Å². The van der Waals surface area contributed by atoms with Crippen molar-refractivity contribution in [1.29, 1.82) is 0 Å². The van der Waals surface area contributed by atoms with Crippen molar-refractivity contribution in [2.45, 2.75) is 6.54 Å². The van der Waals surface area contributed by atoms with Gasteiger partial charge < -0.3 is 15.3 Å². The number of hydrogen-bond donors (Lipinski definition) is 3. The van der Waals surface area contributed by atoms with Crippen molar-refractivity contribution >= 4 is 11.6 Å². The van der Waals surface area contributed by atoms with Crippen molar-refractivity contribution in [2.24, 2.45) is 5.84 Å². The zero-order valence-electron chi connectivity index (χ0n) is 8.58. The lowest BCUT2D eigenvalue weighted by Crippen LogP contribution is -2.13. The third kappa shape index (κ3) is 2.48. The lowest BCUT2D eigenvalue weighted by atomic mass is 10.4. The second-order valence-electron chi connectivity index (χ2n) is 3.13. The number of nitrogens with two attached hydrogens (primary N) is 1. The summed E-state index contributed by atoms with van der Waals surface area (Å²) in [6, 6.07) is 2.29. The molecule has 0 aromatic carbocycles. The van der Waals surface area contributed by atoms with Crippen molar-refractivity contribution in [3.8, 4) is 0 Å². The van der Waals surface area contributed by atoms with Crippen LogP contribution in [0, 0.1) is 11.6 Å². The minimum Gasteiger partial charge on any atom is -0.360 e. The monoisotopic (exact) mass is 241 g/mol. The summed E-state index contributed by atoms with van der Waals surface area (Å²) >= 11 is 0. The normalized spacial score (nSPS) is 10.3. The summed E-state index contributed by atoms with van der Waals surface area (Å²) in [5, 5.41) is 6.12. The molecule has 2 heterocycles. The van der Waals surface area contributed by atoms with Crippen molar-refractivity contribution < 1.29 is 13.3 Å². The lowest BCUT2D eigenvalue weighted by molar-refractivity contribution is 0.387. The van der Waals surface area contributed by atoms with Crippen LogP contribution in [0.4, 0.5) is 20.4 Å². The first kappa shape index (κ1) is 11.3. The Morgan fingerprint density at radius 1 is 1.29 bits per heavy atom. The number of hydrogen-bond acceptors (Lipinski definition) is 6. The van der Waals surface area contributed by atoms with E-state index in [-0.39, 0.29) is 18.2 Å². The van der Waals surface area contributed by atoms with Gasteiger partial charge in [-0.2, -0.15) is 0 Å². The van der Waals surface area contributed by atoms with Crippen LogP contribution in [0.25, 0.3) is 0 Å². The molecule has 2 rings (SSSR count). The second kappa shape index (κ2) is 4.74. The molecule has 4 N–H and O–H groups in total. The van der Waals surface area contributed by atoms with Crippen molar-refractivity contribution in [2.75, 3.05) is 10.7 Å². The Kier molecular flexibility index (Phi) is 3.15. The fraction of sp³-hybridized carbons (Fsp3) is 0.111. The second-order valence-corrected chi connectivity index (χ2v) is 3.13. The van der Waals surface area contributed by atoms with Crippen LogP contribution in [0.2, 0.25) is 0 Å². The summed E-state index contributed by atoms with van der Waals surface area (Å²) in [5.41, 5.74) is 2.03. The molecular formula is C9H9F2N5O. The highest BCUT2D eigenvalue weighted by Gasteiger charge is 2.11. The van der Waals surface area contributed by atoms with Gasteiger partial charge in [0.25, 0.3) is 0 Å². The van der Waals surface area contributed by atoms with Gasteiger partial charge in [0.05, 0.1) is 12.7 Å². The number of pyridine rings is 1. The number of hydrazine groups is 1. The van der Waals surface area contributed by atoms with E-state index < -0.39 is 11.6 Å². The van der Waals surface area contributed by atoms with Crippen LogP contribution in [0.3, 0.4) is 0 Å². The van der Waals surface area contributed by atoms with Gasteiger partial charge >= 0.3 is 0 Å². The fourth-order valence-corrected chi connectivity index (χ4v) is 1.20. The van der Waals surface area contributed by atoms with Gasteiger partial charge in [-0.3, -0.25) is 0 Å². The molecule has 2 aromatic heterocycles. The molecule has 0 fully saturated rings. The first-order valence-corrected chi connectivity index (χ1v) is 4.67. The maximum absolute atomic E-state index is 13.3. The van der Waals surface area contributed by atoms with E-state index in [1.807, 2.05) is 5.43 Å². The standard InChI is InChI=1S/C9H9F2N5O/c10-6-3-7(11)9(16-12)15-8(6)13-4-5-1-2-14-17-5/h1-3H,4,12H2,(H2,13,15,16). The number of anilines is 2. The Morgan fingerprint density at radius 3 is 2.71 bits per heavy atom. The minimum atomic E-state index is -0.866. The number of nitrogens with one attached hydrogen (secondary N) is 2. The first-order chi connectivity index (χ1) is 8.20. The van der Waals surface area contributed by atoms with Gasteiger partial charge in [-0.25, -0.2) is 19.6 Å². The van der Waals surface area contributed by atoms with Crippen LogP contribution in [0.1, 0.15) is 5.76 Å². The molecule has 17 heavy (non-hydrogen) atoms. The quantitative estimate of drug-likeness (QED) is 0.551. The summed E-state index contributed by atoms with van der Waals surface area (Å²) in [5.74, 6) is 3.47. The highest BCUT2D eigenvalue weighted by atomic mass is 19.1. The molecule has 0 bridgehead atoms. The molecule has 0 unspecified atom stereocenters. The number of nitrogen functional groups attached to an aromatic ring is 1. The van der Waals surface area contributed by atoms with Crippen LogP contribution < -0.4 is 16.6 Å². The van der Waals surface area contributed by atoms with E-state index in [2.05, 4.69) is 15.5 Å². The van der Waals surface area contributed by atoms with Crippen LogP contribution >= 0.6 is 0 Å². The molecule has 2 aromatic rings. The maximum Gasteiger partial charge on any atom is 0.178 e. The minimum absolute atomic E-state index is 0.129. The van der Waals surface area contributed by atoms with Gasteiger partial charge in [0.15, 0.2) is 29.0 Å². The zero-order valence-corrected chi connectivity index (χ0v) is 8.58. The molecule has 0 radical (unpaired) electrons. The molecule has 90 valence electrons. The average Bonchev–Trinajstić information content (AvgIpc) is 2.81. The predicted octanol–water partition coefficient (Wildman–Crippen LogP) is 1.25. The lowest BCUT2D eigenvalue weighted by Gasteiger charge is -2.07. The van der Waals surface area contributed by atoms with Crippen LogP contribution in [-0.2, 0) is 6.54 Å². The number of nitrogens with zero attached hydrogens (tertiary/aromatic N) is 2. The van der Waals surface area contributed by atoms with E-state index in [1.165, 1.54) is 6.20 Å². The Bertz CT molecular complexity index is 502. The summed E-state index contributed by atoms with van der Waals surface area (Å²) in [7, 11) is 0. The Balaban J connectivity index is 2.15. The molecule has 0 saturated carbocycles. The first-order valence-electron chi connectivity index (χ1n) is 4.67. The predicted molar refractivity (Wildman–Crippen MR) is 55.8 cm³/mol. The van der Waals surface area contributed by atoms with E-state index in [1.54, 1.807) is 6.07 Å². The van der Waals surface area contributed by atoms with Gasteiger partial charge in [-0.05, 0) is 0 Å². The van der Waals surface area contributed by atoms with E-state index >= 15 is 0 Å². The molecule has 6 nitrogen and oxygen atoms in total. The van der Waals surface area contributed by atoms with E-state index in [0.717, 1.165) is 0 Å². The van der Waals surface area contributed by atoms with Crippen LogP contribution in [0.5, 0.6) is 0 Å². The molecule has 0 aliphatic heterocycles. The molecular weight excluding hydrogens is 232 g/mol. The van der Waals surface area contributed by atoms with Crippen molar-refractivity contribution in [3.05, 3.63) is 35.7 Å². The number of rotatable bonds is 4. The Labute approximate surface area is 94.8 Å². The maximum atomic E-state index is 13.3. The number of aromatic nitrogens is 2. The summed E-state index contributed by atoms with van der Waals surface area (Å²) in [4.78, 5) is 3.63. The zero-order chi connectivity index (χ0) is 12.3. The van der Waals surface area contributed by atoms with Gasteiger partial charge in [0.1, 0.15) is 0 Å². The molecule has 0 aliphatic rings. The van der Waals surface area contributed by atoms with Crippen LogP contribution in [0.15, 0.2) is 22.9 Å². The van der Waals surface area contributed by atoms with E-state index in [9.17, 15) is 8.78 Å². The van der Waals surface area contributed by atoms with Crippen LogP contribution in [-0.4, -0.2) is 10.1 Å². The van der Waals surface area contributed by atoms with Gasteiger partial charge in [0, 0.05) is 12.1 Å². The molecule has 0 saturated heterocycles. The molecule has 0 spiro atoms. The van der Waals surface area contributed by atoms with Gasteiger partial charge in [-0.15, -0.1) is 0 Å². The highest BCUT2D eigenvalue weighted by Crippen LogP contribution is 2.18. The fourth-order valence-electron chi connectivity index (χ4n) is 1.20. The molecule has 0 aliphatic carbocycles. The SMILES string of the molecule is NNc1nc(NCc2ccno2)c(F)cc1F. The largest absolute Gasteiger partial charge is 0.360 e. The third-order valence-electron chi connectivity index (χ3n) is 1.99. The summed E-state index contributed by atoms with van der Waals surface area (Å²) < 4.78 is 31.2. The Hall–Kier alpha value is -2.22. The van der Waals surface area contributed by atoms with E-state index in [0.29, 0.717) is 11.8 Å². The van der Waals surface area contributed by atoms with Gasteiger partial charge in [0.2, 0.25) is 0 Å². The number of halogens is 2. The van der Waals surface area contributed by atoms with Crippen molar-refractivity contribution in [3.63, 3.8) is 0 Å². The topological polar surface area (TPSA) is 89.0 Å². The average molecular weight is 241 g/mol. The third-order valence-corrected chi connectivity index (χ3v) is 1.99. The molecule has 8 heteroatoms. The summed E-state index contributed by atoms with van der Waals surface area (Å²) in [6.07, 6.45) is 1.46. The smallest absolute Gasteiger partial charge is 0.178 e. The molecule has 0 atom stereocenters. The van der Waals surface area contributed by atoms with E-state index in [4.69, 9.17) is 10.4 Å². The summed E-state index contributed by atoms with van der Waals surface area (Å²) in [6.45, 7) is 0.180. The Morgan fingerprint density at radius 2 is 2.06 bits per heavy atom.